The van der Waals surface area contributed by atoms with Crippen LogP contribution in [0.1, 0.15) is 77.2 Å². The van der Waals surface area contributed by atoms with E-state index in [1.807, 2.05) is 54.3 Å². The molecular formula is C39H46N6O3Si. The van der Waals surface area contributed by atoms with Crippen molar-refractivity contribution in [2.24, 2.45) is 7.05 Å². The fourth-order valence-corrected chi connectivity index (χ4v) is 7.76. The topological polar surface area (TPSA) is 95.6 Å². The first kappa shape index (κ1) is 34.2. The third-order valence-electron chi connectivity index (χ3n) is 9.48. The first-order chi connectivity index (χ1) is 23.8. The van der Waals surface area contributed by atoms with Crippen molar-refractivity contribution < 1.29 is 14.7 Å². The zero-order valence-electron chi connectivity index (χ0n) is 28.9. The van der Waals surface area contributed by atoms with Gasteiger partial charge in [-0.25, -0.2) is 4.68 Å². The lowest BCUT2D eigenvalue weighted by Crippen LogP contribution is -2.46. The molecule has 0 fully saturated rings. The molecule has 3 heterocycles. The normalized spacial score (nSPS) is 14.2. The lowest BCUT2D eigenvalue weighted by molar-refractivity contribution is 0.0544. The predicted molar refractivity (Wildman–Crippen MR) is 197 cm³/mol. The average molecular weight is 675 g/mol. The molecule has 0 unspecified atom stereocenters. The highest BCUT2D eigenvalue weighted by molar-refractivity contribution is 6.60. The molecule has 5 aromatic rings. The molecule has 0 bridgehead atoms. The number of nitrogens with zero attached hydrogens (tertiary/aromatic N) is 5. The second-order valence-corrected chi connectivity index (χ2v) is 14.0. The first-order valence-corrected chi connectivity index (χ1v) is 18.4. The van der Waals surface area contributed by atoms with E-state index in [0.717, 1.165) is 48.2 Å². The number of benzene rings is 3. The number of unbranched alkanes of at least 4 members (excludes halogenated alkanes) is 2. The van der Waals surface area contributed by atoms with Crippen LogP contribution in [0.3, 0.4) is 0 Å². The zero-order valence-corrected chi connectivity index (χ0v) is 29.9. The van der Waals surface area contributed by atoms with Crippen molar-refractivity contribution >= 4 is 43.3 Å². The molecule has 2 aromatic heterocycles. The van der Waals surface area contributed by atoms with Gasteiger partial charge in [0.25, 0.3) is 11.8 Å². The van der Waals surface area contributed by atoms with Gasteiger partial charge in [0.05, 0.1) is 23.9 Å². The minimum absolute atomic E-state index is 0.0843. The van der Waals surface area contributed by atoms with Crippen molar-refractivity contribution in [2.45, 2.75) is 65.5 Å². The van der Waals surface area contributed by atoms with Gasteiger partial charge in [0.2, 0.25) is 9.68 Å². The molecule has 0 aliphatic carbocycles. The van der Waals surface area contributed by atoms with Crippen LogP contribution in [0.4, 0.5) is 5.69 Å². The van der Waals surface area contributed by atoms with E-state index < -0.39 is 0 Å². The summed E-state index contributed by atoms with van der Waals surface area (Å²) in [4.78, 5) is 35.6. The average Bonchev–Trinajstić information content (AvgIpc) is 3.71. The number of fused-ring (bicyclic) bond motifs is 2. The number of nitrogens with one attached hydrogen (secondary N) is 1. The molecule has 9 nitrogen and oxygen atoms in total. The molecule has 2 amide bonds. The van der Waals surface area contributed by atoms with Gasteiger partial charge < -0.3 is 24.5 Å². The third-order valence-corrected chi connectivity index (χ3v) is 10.6. The van der Waals surface area contributed by atoms with E-state index >= 15 is 0 Å². The minimum atomic E-state index is -0.356. The maximum absolute atomic E-state index is 14.7. The van der Waals surface area contributed by atoms with E-state index in [1.54, 1.807) is 9.58 Å². The molecular weight excluding hydrogens is 629 g/mol. The Morgan fingerprint density at radius 1 is 0.980 bits per heavy atom. The highest BCUT2D eigenvalue weighted by Crippen LogP contribution is 2.29. The standard InChI is InChI=1S/C39H46N6O3Si/c1-5-7-19-43(20-8-6-2)39(48)34-22-27(3)45(40-34)35-17-16-31(41-49-36-15-11-14-28-18-21-42(4)37(28)36)24-33(35)38(47)44-25-30-13-10-9-12-29(30)23-32(44)26-46/h9-18,21-22,24,32,41,46H,5-8,19-20,23,25-26H2,1-4H3/t32-/m0/s1. The molecule has 0 spiro atoms. The fourth-order valence-electron chi connectivity index (χ4n) is 6.71. The van der Waals surface area contributed by atoms with E-state index in [9.17, 15) is 14.7 Å². The van der Waals surface area contributed by atoms with Crippen LogP contribution in [0, 0.1) is 6.92 Å². The first-order valence-electron chi connectivity index (χ1n) is 17.4. The molecule has 3 aromatic carbocycles. The Morgan fingerprint density at radius 2 is 1.73 bits per heavy atom. The second-order valence-electron chi connectivity index (χ2n) is 13.0. The van der Waals surface area contributed by atoms with E-state index in [4.69, 9.17) is 5.10 Å². The number of carbonyl (C=O) groups excluding carboxylic acids is 2. The highest BCUT2D eigenvalue weighted by atomic mass is 28.2. The number of rotatable bonds is 13. The van der Waals surface area contributed by atoms with Gasteiger partial charge in [0.1, 0.15) is 0 Å². The SMILES string of the molecule is CCCCN(CCCC)C(=O)c1cc(C)n(-c2ccc(N[Si]c3cccc4ccn(C)c34)cc2C(=O)N2Cc3ccccc3C[C@H]2CO)n1. The number of amides is 2. The molecule has 49 heavy (non-hydrogen) atoms. The summed E-state index contributed by atoms with van der Waals surface area (Å²) in [6, 6.07) is 23.8. The molecule has 2 N–H and O–H groups in total. The number of hydrogen-bond donors (Lipinski definition) is 2. The Hall–Kier alpha value is -4.67. The zero-order chi connectivity index (χ0) is 34.5. The molecule has 1 aliphatic rings. The Morgan fingerprint density at radius 3 is 2.47 bits per heavy atom. The Kier molecular flexibility index (Phi) is 10.6. The molecule has 1 atom stereocenters. The predicted octanol–water partition coefficient (Wildman–Crippen LogP) is 5.63. The van der Waals surface area contributed by atoms with Gasteiger partial charge in [-0.05, 0) is 78.2 Å². The molecule has 6 rings (SSSR count). The van der Waals surface area contributed by atoms with Crippen LogP contribution in [0.15, 0.2) is 79.0 Å². The Labute approximate surface area is 291 Å². The number of para-hydroxylation sites is 1. The lowest BCUT2D eigenvalue weighted by Gasteiger charge is -2.36. The summed E-state index contributed by atoms with van der Waals surface area (Å²) in [6.07, 6.45) is 6.53. The summed E-state index contributed by atoms with van der Waals surface area (Å²) in [5.74, 6) is -0.269. The van der Waals surface area contributed by atoms with E-state index in [1.165, 1.54) is 16.1 Å². The number of aliphatic hydroxyl groups excluding tert-OH is 1. The van der Waals surface area contributed by atoms with Gasteiger partial charge in [0, 0.05) is 49.8 Å². The molecule has 254 valence electrons. The summed E-state index contributed by atoms with van der Waals surface area (Å²) in [5, 5.41) is 17.6. The molecule has 1 aliphatic heterocycles. The van der Waals surface area contributed by atoms with Crippen molar-refractivity contribution in [3.8, 4) is 5.69 Å². The molecule has 10 heteroatoms. The summed E-state index contributed by atoms with van der Waals surface area (Å²) in [5.41, 5.74) is 6.42. The second kappa shape index (κ2) is 15.3. The Balaban J connectivity index is 1.37. The summed E-state index contributed by atoms with van der Waals surface area (Å²) < 4.78 is 3.85. The number of aryl methyl sites for hydroxylation is 2. The van der Waals surface area contributed by atoms with Crippen LogP contribution in [-0.4, -0.2) is 76.5 Å². The van der Waals surface area contributed by atoms with Crippen LogP contribution >= 0.6 is 0 Å². The number of aliphatic hydroxyl groups is 1. The van der Waals surface area contributed by atoms with Crippen LogP contribution in [-0.2, 0) is 20.0 Å². The molecule has 0 saturated heterocycles. The van der Waals surface area contributed by atoms with Crippen molar-refractivity contribution in [3.05, 3.63) is 107 Å². The van der Waals surface area contributed by atoms with E-state index in [2.05, 4.69) is 67.0 Å². The van der Waals surface area contributed by atoms with Gasteiger partial charge in [-0.1, -0.05) is 69.2 Å². The Bertz CT molecular complexity index is 1940. The number of hydrogen-bond acceptors (Lipinski definition) is 5. The maximum Gasteiger partial charge on any atom is 0.274 e. The van der Waals surface area contributed by atoms with Crippen molar-refractivity contribution in [2.75, 3.05) is 24.7 Å². The smallest absolute Gasteiger partial charge is 0.274 e. The van der Waals surface area contributed by atoms with Gasteiger partial charge in [-0.3, -0.25) is 9.59 Å². The number of anilines is 1. The molecule has 2 radical (unpaired) electrons. The summed E-state index contributed by atoms with van der Waals surface area (Å²) in [7, 11) is 2.32. The van der Waals surface area contributed by atoms with Crippen molar-refractivity contribution in [1.82, 2.24) is 24.1 Å². The van der Waals surface area contributed by atoms with Gasteiger partial charge in [-0.2, -0.15) is 5.10 Å². The lowest BCUT2D eigenvalue weighted by atomic mass is 9.93. The third kappa shape index (κ3) is 7.21. The van der Waals surface area contributed by atoms with Gasteiger partial charge in [-0.15, -0.1) is 0 Å². The molecule has 0 saturated carbocycles. The minimum Gasteiger partial charge on any atom is -0.408 e. The van der Waals surface area contributed by atoms with Crippen LogP contribution < -0.4 is 10.2 Å². The van der Waals surface area contributed by atoms with Crippen molar-refractivity contribution in [3.63, 3.8) is 0 Å². The quantitative estimate of drug-likeness (QED) is 0.158. The van der Waals surface area contributed by atoms with Crippen LogP contribution in [0.5, 0.6) is 0 Å². The van der Waals surface area contributed by atoms with E-state index in [0.29, 0.717) is 43.0 Å². The van der Waals surface area contributed by atoms with Crippen molar-refractivity contribution in [1.29, 1.82) is 0 Å². The number of carbonyl (C=O) groups is 2. The largest absolute Gasteiger partial charge is 0.408 e. The van der Waals surface area contributed by atoms with Gasteiger partial charge in [0.15, 0.2) is 5.69 Å². The number of aromatic nitrogens is 3. The van der Waals surface area contributed by atoms with Crippen LogP contribution in [0.2, 0.25) is 0 Å². The summed E-state index contributed by atoms with van der Waals surface area (Å²) in [6.45, 7) is 7.83. The van der Waals surface area contributed by atoms with Crippen LogP contribution in [0.25, 0.3) is 16.6 Å². The maximum atomic E-state index is 14.7. The summed E-state index contributed by atoms with van der Waals surface area (Å²) >= 11 is 0. The monoisotopic (exact) mass is 674 g/mol. The van der Waals surface area contributed by atoms with Gasteiger partial charge >= 0.3 is 0 Å². The highest BCUT2D eigenvalue weighted by Gasteiger charge is 2.32. The van der Waals surface area contributed by atoms with E-state index in [-0.39, 0.29) is 34.1 Å². The fraction of sp³-hybridized carbons (Fsp3) is 0.359.